The van der Waals surface area contributed by atoms with E-state index in [4.69, 9.17) is 4.74 Å². The fraction of sp³-hybridized carbons (Fsp3) is 0.200. The molecule has 0 spiro atoms. The highest BCUT2D eigenvalue weighted by atomic mass is 32.2. The molecule has 0 saturated carbocycles. The monoisotopic (exact) mass is 482 g/mol. The summed E-state index contributed by atoms with van der Waals surface area (Å²) in [5.41, 5.74) is 2.25. The molecule has 0 aliphatic heterocycles. The van der Waals surface area contributed by atoms with Crippen LogP contribution in [0.1, 0.15) is 21.5 Å². The second kappa shape index (κ2) is 11.0. The Morgan fingerprint density at radius 3 is 2.24 bits per heavy atom. The maximum Gasteiger partial charge on any atom is 0.337 e. The van der Waals surface area contributed by atoms with E-state index in [0.29, 0.717) is 11.3 Å². The van der Waals surface area contributed by atoms with Gasteiger partial charge < -0.3 is 14.8 Å². The third-order valence-electron chi connectivity index (χ3n) is 5.08. The average Bonchev–Trinajstić information content (AvgIpc) is 2.84. The highest BCUT2D eigenvalue weighted by Crippen LogP contribution is 2.25. The van der Waals surface area contributed by atoms with Gasteiger partial charge in [0.15, 0.2) is 0 Å². The second-order valence-electron chi connectivity index (χ2n) is 7.58. The Morgan fingerprint density at radius 2 is 1.62 bits per heavy atom. The van der Waals surface area contributed by atoms with E-state index in [-0.39, 0.29) is 17.1 Å². The quantitative estimate of drug-likeness (QED) is 0.453. The Hall–Kier alpha value is -3.69. The Labute approximate surface area is 199 Å². The smallest absolute Gasteiger partial charge is 0.337 e. The fourth-order valence-electron chi connectivity index (χ4n) is 3.32. The van der Waals surface area contributed by atoms with Crippen LogP contribution in [0.2, 0.25) is 0 Å². The van der Waals surface area contributed by atoms with Crippen molar-refractivity contribution >= 4 is 27.6 Å². The number of hydrogen-bond acceptors (Lipinski definition) is 6. The van der Waals surface area contributed by atoms with Crippen LogP contribution in [-0.2, 0) is 26.0 Å². The summed E-state index contributed by atoms with van der Waals surface area (Å²) in [6.07, 6.45) is 0.125. The molecule has 8 nitrogen and oxygen atoms in total. The number of methoxy groups -OCH3 is 2. The minimum Gasteiger partial charge on any atom is -0.495 e. The highest BCUT2D eigenvalue weighted by Gasteiger charge is 2.28. The second-order valence-corrected chi connectivity index (χ2v) is 9.26. The maximum atomic E-state index is 13.3. The fourth-order valence-corrected chi connectivity index (χ4v) is 4.77. The van der Waals surface area contributed by atoms with Crippen LogP contribution in [0.15, 0.2) is 77.7 Å². The van der Waals surface area contributed by atoms with Gasteiger partial charge in [-0.05, 0) is 60.9 Å². The van der Waals surface area contributed by atoms with Crippen molar-refractivity contribution in [3.05, 3.63) is 89.5 Å². The predicted molar refractivity (Wildman–Crippen MR) is 128 cm³/mol. The molecule has 0 aliphatic carbocycles. The van der Waals surface area contributed by atoms with Crippen molar-refractivity contribution in [2.24, 2.45) is 0 Å². The number of rotatable bonds is 9. The molecule has 0 radical (unpaired) electrons. The standard InChI is InChI=1S/C25H26N2O6S/c1-17-9-14-22(32-2)23(15-17)34(30,31)27-21(16-18-7-5-4-6-8-18)24(28)26-20-12-10-19(11-13-20)25(29)33-3/h4-15,21,27H,16H2,1-3H3,(H,26,28). The Bertz CT molecular complexity index is 1260. The van der Waals surface area contributed by atoms with Crippen LogP contribution in [0, 0.1) is 6.92 Å². The number of amides is 1. The number of sulfonamides is 1. The number of benzene rings is 3. The van der Waals surface area contributed by atoms with Crippen LogP contribution in [-0.4, -0.2) is 40.6 Å². The lowest BCUT2D eigenvalue weighted by Crippen LogP contribution is -2.45. The van der Waals surface area contributed by atoms with Gasteiger partial charge in [0.2, 0.25) is 15.9 Å². The molecule has 3 aromatic rings. The van der Waals surface area contributed by atoms with E-state index in [0.717, 1.165) is 11.1 Å². The van der Waals surface area contributed by atoms with Crippen LogP contribution >= 0.6 is 0 Å². The first-order chi connectivity index (χ1) is 16.2. The van der Waals surface area contributed by atoms with Gasteiger partial charge >= 0.3 is 5.97 Å². The van der Waals surface area contributed by atoms with E-state index in [1.54, 1.807) is 31.2 Å². The summed E-state index contributed by atoms with van der Waals surface area (Å²) in [5, 5.41) is 2.71. The minimum atomic E-state index is -4.10. The third kappa shape index (κ3) is 6.21. The summed E-state index contributed by atoms with van der Waals surface area (Å²) < 4.78 is 38.9. The van der Waals surface area contributed by atoms with E-state index >= 15 is 0 Å². The number of nitrogens with one attached hydrogen (secondary N) is 2. The zero-order valence-electron chi connectivity index (χ0n) is 19.1. The van der Waals surface area contributed by atoms with Gasteiger partial charge in [-0.2, -0.15) is 4.72 Å². The number of carbonyl (C=O) groups is 2. The van der Waals surface area contributed by atoms with Crippen LogP contribution in [0.25, 0.3) is 0 Å². The van der Waals surface area contributed by atoms with Crippen molar-refractivity contribution in [1.29, 1.82) is 0 Å². The van der Waals surface area contributed by atoms with Crippen molar-refractivity contribution in [1.82, 2.24) is 4.72 Å². The Kier molecular flexibility index (Phi) is 8.04. The van der Waals surface area contributed by atoms with E-state index in [2.05, 4.69) is 14.8 Å². The molecule has 0 aromatic heterocycles. The molecule has 34 heavy (non-hydrogen) atoms. The third-order valence-corrected chi connectivity index (χ3v) is 6.57. The summed E-state index contributed by atoms with van der Waals surface area (Å²) >= 11 is 0. The molecule has 0 heterocycles. The van der Waals surface area contributed by atoms with Gasteiger partial charge in [0.25, 0.3) is 0 Å². The molecule has 2 N–H and O–H groups in total. The molecule has 1 atom stereocenters. The molecule has 3 aromatic carbocycles. The van der Waals surface area contributed by atoms with Gasteiger partial charge in [-0.1, -0.05) is 36.4 Å². The maximum absolute atomic E-state index is 13.3. The van der Waals surface area contributed by atoms with Gasteiger partial charge in [0, 0.05) is 5.69 Å². The lowest BCUT2D eigenvalue weighted by molar-refractivity contribution is -0.117. The van der Waals surface area contributed by atoms with Gasteiger partial charge in [0.05, 0.1) is 19.8 Å². The summed E-state index contributed by atoms with van der Waals surface area (Å²) in [7, 11) is -1.44. The van der Waals surface area contributed by atoms with Crippen LogP contribution in [0.4, 0.5) is 5.69 Å². The molecule has 3 rings (SSSR count). The molecule has 9 heteroatoms. The van der Waals surface area contributed by atoms with Crippen molar-refractivity contribution in [3.63, 3.8) is 0 Å². The molecule has 1 amide bonds. The Morgan fingerprint density at radius 1 is 0.941 bits per heavy atom. The average molecular weight is 483 g/mol. The number of ether oxygens (including phenoxy) is 2. The topological polar surface area (TPSA) is 111 Å². The van der Waals surface area contributed by atoms with E-state index in [1.165, 1.54) is 32.4 Å². The molecule has 0 fully saturated rings. The summed E-state index contributed by atoms with van der Waals surface area (Å²) in [5.74, 6) is -0.875. The number of aryl methyl sites for hydroxylation is 1. The van der Waals surface area contributed by atoms with Gasteiger partial charge in [-0.3, -0.25) is 4.79 Å². The van der Waals surface area contributed by atoms with Gasteiger partial charge in [-0.25, -0.2) is 13.2 Å². The van der Waals surface area contributed by atoms with Gasteiger partial charge in [-0.15, -0.1) is 0 Å². The van der Waals surface area contributed by atoms with E-state index in [1.807, 2.05) is 30.3 Å². The first-order valence-electron chi connectivity index (χ1n) is 10.4. The largest absolute Gasteiger partial charge is 0.495 e. The zero-order valence-corrected chi connectivity index (χ0v) is 19.9. The van der Waals surface area contributed by atoms with Crippen LogP contribution in [0.3, 0.4) is 0 Å². The lowest BCUT2D eigenvalue weighted by atomic mass is 10.1. The van der Waals surface area contributed by atoms with Gasteiger partial charge in [0.1, 0.15) is 16.7 Å². The molecule has 0 bridgehead atoms. The van der Waals surface area contributed by atoms with Crippen molar-refractivity contribution < 1.29 is 27.5 Å². The minimum absolute atomic E-state index is 0.0525. The normalized spacial score (nSPS) is 12.0. The SMILES string of the molecule is COC(=O)c1ccc(NC(=O)C(Cc2ccccc2)NS(=O)(=O)c2cc(C)ccc2OC)cc1. The number of esters is 1. The van der Waals surface area contributed by atoms with Crippen molar-refractivity contribution in [2.45, 2.75) is 24.3 Å². The Balaban J connectivity index is 1.88. The molecular weight excluding hydrogens is 456 g/mol. The number of hydrogen-bond donors (Lipinski definition) is 2. The van der Waals surface area contributed by atoms with Crippen LogP contribution in [0.5, 0.6) is 5.75 Å². The molecule has 0 saturated heterocycles. The molecule has 1 unspecified atom stereocenters. The van der Waals surface area contributed by atoms with E-state index in [9.17, 15) is 18.0 Å². The van der Waals surface area contributed by atoms with E-state index < -0.39 is 27.9 Å². The van der Waals surface area contributed by atoms with Crippen molar-refractivity contribution in [3.8, 4) is 5.75 Å². The number of anilines is 1. The lowest BCUT2D eigenvalue weighted by Gasteiger charge is -2.20. The van der Waals surface area contributed by atoms with Crippen molar-refractivity contribution in [2.75, 3.05) is 19.5 Å². The summed E-state index contributed by atoms with van der Waals surface area (Å²) in [6, 6.07) is 18.9. The summed E-state index contributed by atoms with van der Waals surface area (Å²) in [4.78, 5) is 24.7. The predicted octanol–water partition coefficient (Wildman–Crippen LogP) is 3.32. The molecule has 0 aliphatic rings. The summed E-state index contributed by atoms with van der Waals surface area (Å²) in [6.45, 7) is 1.77. The zero-order chi connectivity index (χ0) is 24.7. The molecular formula is C25H26N2O6S. The molecule has 178 valence electrons. The number of carbonyl (C=O) groups excluding carboxylic acids is 2. The first-order valence-corrected chi connectivity index (χ1v) is 11.9. The first kappa shape index (κ1) is 24.9. The van der Waals surface area contributed by atoms with Crippen LogP contribution < -0.4 is 14.8 Å². The highest BCUT2D eigenvalue weighted by molar-refractivity contribution is 7.89.